The number of halogens is 3. The summed E-state index contributed by atoms with van der Waals surface area (Å²) < 4.78 is 44.1. The lowest BCUT2D eigenvalue weighted by Crippen LogP contribution is -2.47. The van der Waals surface area contributed by atoms with Crippen molar-refractivity contribution < 1.29 is 37.4 Å². The first-order valence-electron chi connectivity index (χ1n) is 9.30. The van der Waals surface area contributed by atoms with Gasteiger partial charge in [0, 0.05) is 18.6 Å². The molecule has 0 fully saturated rings. The number of hydrogen-bond donors (Lipinski definition) is 3. The molecule has 12 heteroatoms. The minimum Gasteiger partial charge on any atom is -0.465 e. The molecule has 0 aliphatic heterocycles. The quantitative estimate of drug-likeness (QED) is 0.443. The number of alkyl halides is 3. The van der Waals surface area contributed by atoms with E-state index in [1.165, 1.54) is 20.8 Å². The number of carbonyl (C=O) groups is 3. The maximum Gasteiger partial charge on any atom is 0.455 e. The Balaban J connectivity index is 3.11. The molecule has 2 amide bonds. The van der Waals surface area contributed by atoms with Crippen LogP contribution in [0.1, 0.15) is 51.9 Å². The summed E-state index contributed by atoms with van der Waals surface area (Å²) in [6, 6.07) is 1.99. The second-order valence-electron chi connectivity index (χ2n) is 8.54. The first-order chi connectivity index (χ1) is 13.9. The van der Waals surface area contributed by atoms with E-state index in [0.717, 1.165) is 12.1 Å². The number of Topliss-reactive ketones (excluding diaryl/α,β-unsaturated/α-hetero) is 1. The molecule has 1 rings (SSSR count). The second kappa shape index (κ2) is 9.40. The van der Waals surface area contributed by atoms with Crippen molar-refractivity contribution in [3.63, 3.8) is 0 Å². The molecule has 0 saturated heterocycles. The summed E-state index contributed by atoms with van der Waals surface area (Å²) in [4.78, 5) is 39.7. The third kappa shape index (κ3) is 7.95. The molecule has 0 aliphatic carbocycles. The SMILES string of the molecule is CC(C)(C)OC(=O)NCCNc1ccc(C(=O)C(F)(F)F)c(N(C(=O)O)C(C)(C)C)n1. The summed E-state index contributed by atoms with van der Waals surface area (Å²) >= 11 is 0. The molecule has 0 aliphatic rings. The average Bonchev–Trinajstić information content (AvgIpc) is 2.54. The van der Waals surface area contributed by atoms with Gasteiger partial charge in [-0.15, -0.1) is 0 Å². The molecule has 0 spiro atoms. The standard InChI is InChI=1S/C19H27F3N4O5/c1-17(2,3)26(16(29)30)14-11(13(27)19(20,21)22)7-8-12(25-14)23-9-10-24-15(28)31-18(4,5)6/h7-8H,9-10H2,1-6H3,(H,23,25)(H,24,28)(H,29,30). The Bertz CT molecular complexity index is 829. The first-order valence-corrected chi connectivity index (χ1v) is 9.30. The van der Waals surface area contributed by atoms with Gasteiger partial charge in [-0.3, -0.25) is 9.69 Å². The Hall–Kier alpha value is -3.05. The number of rotatable bonds is 6. The number of amides is 2. The number of ether oxygens (including phenoxy) is 1. The minimum absolute atomic E-state index is 0.0233. The maximum absolute atomic E-state index is 13.0. The smallest absolute Gasteiger partial charge is 0.455 e. The lowest BCUT2D eigenvalue weighted by atomic mass is 10.0. The molecule has 9 nitrogen and oxygen atoms in total. The van der Waals surface area contributed by atoms with Gasteiger partial charge in [0.05, 0.1) is 5.56 Å². The van der Waals surface area contributed by atoms with Gasteiger partial charge in [-0.25, -0.2) is 14.6 Å². The number of aromatic nitrogens is 1. The monoisotopic (exact) mass is 448 g/mol. The van der Waals surface area contributed by atoms with E-state index >= 15 is 0 Å². The van der Waals surface area contributed by atoms with Crippen LogP contribution in [0.3, 0.4) is 0 Å². The van der Waals surface area contributed by atoms with E-state index < -0.39 is 46.7 Å². The van der Waals surface area contributed by atoms with Gasteiger partial charge >= 0.3 is 18.4 Å². The summed E-state index contributed by atoms with van der Waals surface area (Å²) in [5, 5.41) is 14.8. The maximum atomic E-state index is 13.0. The van der Waals surface area contributed by atoms with Crippen LogP contribution < -0.4 is 15.5 Å². The van der Waals surface area contributed by atoms with E-state index in [1.807, 2.05) is 0 Å². The number of nitrogens with zero attached hydrogens (tertiary/aromatic N) is 2. The van der Waals surface area contributed by atoms with Crippen LogP contribution in [0.2, 0.25) is 0 Å². The van der Waals surface area contributed by atoms with E-state index in [0.29, 0.717) is 4.90 Å². The fourth-order valence-corrected chi connectivity index (χ4v) is 2.41. The zero-order chi connectivity index (χ0) is 24.2. The van der Waals surface area contributed by atoms with Gasteiger partial charge in [0.1, 0.15) is 11.4 Å². The van der Waals surface area contributed by atoms with Crippen LogP contribution in [0.4, 0.5) is 34.4 Å². The molecule has 174 valence electrons. The Labute approximate surface area is 178 Å². The van der Waals surface area contributed by atoms with Crippen LogP contribution in [0.15, 0.2) is 12.1 Å². The number of ketones is 1. The second-order valence-corrected chi connectivity index (χ2v) is 8.54. The highest BCUT2D eigenvalue weighted by atomic mass is 19.4. The molecular weight excluding hydrogens is 421 g/mol. The highest BCUT2D eigenvalue weighted by Gasteiger charge is 2.43. The van der Waals surface area contributed by atoms with E-state index in [-0.39, 0.29) is 18.9 Å². The summed E-state index contributed by atoms with van der Waals surface area (Å²) in [6.45, 7) is 9.66. The van der Waals surface area contributed by atoms with Crippen LogP contribution in [-0.2, 0) is 4.74 Å². The first kappa shape index (κ1) is 26.0. The van der Waals surface area contributed by atoms with Crippen LogP contribution in [0.25, 0.3) is 0 Å². The van der Waals surface area contributed by atoms with Gasteiger partial charge in [-0.2, -0.15) is 13.2 Å². The third-order valence-electron chi connectivity index (χ3n) is 3.55. The Morgan fingerprint density at radius 2 is 1.65 bits per heavy atom. The third-order valence-corrected chi connectivity index (χ3v) is 3.55. The molecule has 0 radical (unpaired) electrons. The number of alkyl carbamates (subject to hydrolysis) is 1. The van der Waals surface area contributed by atoms with Crippen LogP contribution in [0.5, 0.6) is 0 Å². The number of carboxylic acid groups (broad SMARTS) is 1. The van der Waals surface area contributed by atoms with E-state index in [1.54, 1.807) is 20.8 Å². The highest BCUT2D eigenvalue weighted by Crippen LogP contribution is 2.32. The lowest BCUT2D eigenvalue weighted by Gasteiger charge is -2.33. The summed E-state index contributed by atoms with van der Waals surface area (Å²) in [7, 11) is 0. The Kier molecular flexibility index (Phi) is 7.88. The van der Waals surface area contributed by atoms with Crippen molar-refractivity contribution in [3.8, 4) is 0 Å². The molecule has 0 bridgehead atoms. The number of hydrogen-bond acceptors (Lipinski definition) is 6. The molecule has 31 heavy (non-hydrogen) atoms. The van der Waals surface area contributed by atoms with Crippen molar-refractivity contribution in [3.05, 3.63) is 17.7 Å². The van der Waals surface area contributed by atoms with Crippen molar-refractivity contribution >= 4 is 29.6 Å². The normalized spacial score (nSPS) is 12.2. The molecule has 1 aromatic rings. The fourth-order valence-electron chi connectivity index (χ4n) is 2.41. The molecule has 0 aromatic carbocycles. The average molecular weight is 448 g/mol. The molecule has 1 aromatic heterocycles. The van der Waals surface area contributed by atoms with Gasteiger partial charge in [0.2, 0.25) is 0 Å². The van der Waals surface area contributed by atoms with E-state index in [2.05, 4.69) is 15.6 Å². The van der Waals surface area contributed by atoms with Gasteiger partial charge in [0.15, 0.2) is 5.82 Å². The van der Waals surface area contributed by atoms with Gasteiger partial charge in [0.25, 0.3) is 5.78 Å². The fraction of sp³-hybridized carbons (Fsp3) is 0.579. The van der Waals surface area contributed by atoms with Crippen molar-refractivity contribution in [2.24, 2.45) is 0 Å². The van der Waals surface area contributed by atoms with Crippen molar-refractivity contribution in [2.45, 2.75) is 58.9 Å². The number of anilines is 2. The van der Waals surface area contributed by atoms with Gasteiger partial charge < -0.3 is 20.5 Å². The van der Waals surface area contributed by atoms with Gasteiger partial charge in [-0.1, -0.05) is 0 Å². The molecule has 3 N–H and O–H groups in total. The topological polar surface area (TPSA) is 121 Å². The zero-order valence-electron chi connectivity index (χ0n) is 18.2. The molecule has 1 heterocycles. The highest BCUT2D eigenvalue weighted by molar-refractivity contribution is 6.06. The van der Waals surface area contributed by atoms with Crippen LogP contribution in [0, 0.1) is 0 Å². The number of nitrogens with one attached hydrogen (secondary N) is 2. The van der Waals surface area contributed by atoms with E-state index in [4.69, 9.17) is 4.74 Å². The summed E-state index contributed by atoms with van der Waals surface area (Å²) in [5.41, 5.74) is -2.75. The van der Waals surface area contributed by atoms with Crippen molar-refractivity contribution in [1.82, 2.24) is 10.3 Å². The van der Waals surface area contributed by atoms with E-state index in [9.17, 15) is 32.7 Å². The Morgan fingerprint density at radius 3 is 2.10 bits per heavy atom. The van der Waals surface area contributed by atoms with Crippen LogP contribution >= 0.6 is 0 Å². The van der Waals surface area contributed by atoms with Crippen molar-refractivity contribution in [1.29, 1.82) is 0 Å². The zero-order valence-corrected chi connectivity index (χ0v) is 18.2. The largest absolute Gasteiger partial charge is 0.465 e. The molecular formula is C19H27F3N4O5. The lowest BCUT2D eigenvalue weighted by molar-refractivity contribution is -0.0885. The molecule has 0 atom stereocenters. The Morgan fingerprint density at radius 1 is 1.06 bits per heavy atom. The summed E-state index contributed by atoms with van der Waals surface area (Å²) in [6.07, 6.45) is -7.43. The molecule has 0 unspecified atom stereocenters. The van der Waals surface area contributed by atoms with Crippen LogP contribution in [-0.4, -0.2) is 58.5 Å². The number of carbonyl (C=O) groups excluding carboxylic acids is 2. The summed E-state index contributed by atoms with van der Waals surface area (Å²) in [5.74, 6) is -2.83. The molecule has 0 saturated carbocycles. The predicted octanol–water partition coefficient (Wildman–Crippen LogP) is 4.05. The van der Waals surface area contributed by atoms with Crippen molar-refractivity contribution in [2.75, 3.05) is 23.3 Å². The van der Waals surface area contributed by atoms with Gasteiger partial charge in [-0.05, 0) is 53.7 Å². The number of pyridine rings is 1. The predicted molar refractivity (Wildman–Crippen MR) is 108 cm³/mol. The minimum atomic E-state index is -5.20.